The van der Waals surface area contributed by atoms with E-state index in [0.717, 1.165) is 4.70 Å². The maximum Gasteiger partial charge on any atom is 0.261 e. The minimum absolute atomic E-state index is 0.108. The fourth-order valence-corrected chi connectivity index (χ4v) is 2.78. The largest absolute Gasteiger partial charge is 0.394 e. The molecule has 2 N–H and O–H groups in total. The molecule has 2 rings (SSSR count). The van der Waals surface area contributed by atoms with Crippen LogP contribution in [0.25, 0.3) is 10.1 Å². The Kier molecular flexibility index (Phi) is 4.17. The van der Waals surface area contributed by atoms with Gasteiger partial charge in [0.05, 0.1) is 17.5 Å². The number of hydrogen-bond acceptors (Lipinski definition) is 3. The van der Waals surface area contributed by atoms with Gasteiger partial charge in [0.2, 0.25) is 0 Å². The number of carbonyl (C=O) groups excluding carboxylic acids is 1. The first-order valence-corrected chi connectivity index (χ1v) is 6.94. The normalized spacial score (nSPS) is 12.9. The van der Waals surface area contributed by atoms with Crippen LogP contribution in [-0.4, -0.2) is 23.7 Å². The Balaban J connectivity index is 2.24. The summed E-state index contributed by atoms with van der Waals surface area (Å²) in [4.78, 5) is 12.5. The molecule has 0 aliphatic carbocycles. The Labute approximate surface area is 115 Å². The van der Waals surface area contributed by atoms with Crippen LogP contribution in [0, 0.1) is 11.7 Å². The number of rotatable bonds is 4. The lowest BCUT2D eigenvalue weighted by Crippen LogP contribution is -2.40. The Morgan fingerprint density at radius 2 is 2.21 bits per heavy atom. The molecule has 1 amide bonds. The van der Waals surface area contributed by atoms with Gasteiger partial charge in [-0.2, -0.15) is 0 Å². The van der Waals surface area contributed by atoms with Crippen LogP contribution in [0.3, 0.4) is 0 Å². The lowest BCUT2D eigenvalue weighted by atomic mass is 10.1. The van der Waals surface area contributed by atoms with E-state index in [1.54, 1.807) is 18.2 Å². The summed E-state index contributed by atoms with van der Waals surface area (Å²) >= 11 is 1.25. The van der Waals surface area contributed by atoms with E-state index in [2.05, 4.69) is 5.32 Å². The number of hydrogen-bond donors (Lipinski definition) is 2. The molecule has 0 saturated heterocycles. The molecular formula is C14H16FNO2S. The third-order valence-corrected chi connectivity index (χ3v) is 4.15. The Morgan fingerprint density at radius 1 is 1.47 bits per heavy atom. The van der Waals surface area contributed by atoms with E-state index >= 15 is 0 Å². The molecule has 0 spiro atoms. The number of amides is 1. The molecule has 0 aliphatic rings. The molecule has 1 atom stereocenters. The zero-order chi connectivity index (χ0) is 14.0. The smallest absolute Gasteiger partial charge is 0.261 e. The van der Waals surface area contributed by atoms with Crippen molar-refractivity contribution in [2.24, 2.45) is 5.92 Å². The zero-order valence-electron chi connectivity index (χ0n) is 10.8. The van der Waals surface area contributed by atoms with Crippen molar-refractivity contribution >= 4 is 27.3 Å². The molecule has 0 bridgehead atoms. The zero-order valence-corrected chi connectivity index (χ0v) is 11.6. The maximum absolute atomic E-state index is 13.6. The molecule has 2 aromatic rings. The number of halogens is 1. The van der Waals surface area contributed by atoms with Crippen LogP contribution < -0.4 is 5.32 Å². The predicted octanol–water partition coefficient (Wildman–Crippen LogP) is 2.79. The number of nitrogens with one attached hydrogen (secondary N) is 1. The van der Waals surface area contributed by atoms with E-state index in [4.69, 9.17) is 0 Å². The van der Waals surface area contributed by atoms with Crippen LogP contribution in [0.5, 0.6) is 0 Å². The number of aliphatic hydroxyl groups is 1. The van der Waals surface area contributed by atoms with Gasteiger partial charge in [0.25, 0.3) is 5.91 Å². The SMILES string of the molecule is CC(C)[C@@H](CO)NC(=O)c1cc2c(F)cccc2s1. The Morgan fingerprint density at radius 3 is 2.79 bits per heavy atom. The molecule has 0 saturated carbocycles. The van der Waals surface area contributed by atoms with Gasteiger partial charge in [-0.05, 0) is 24.1 Å². The Bertz CT molecular complexity index is 594. The Hall–Kier alpha value is -1.46. The highest BCUT2D eigenvalue weighted by molar-refractivity contribution is 7.20. The van der Waals surface area contributed by atoms with Crippen molar-refractivity contribution in [1.82, 2.24) is 5.32 Å². The highest BCUT2D eigenvalue weighted by Gasteiger charge is 2.18. The maximum atomic E-state index is 13.6. The summed E-state index contributed by atoms with van der Waals surface area (Å²) in [7, 11) is 0. The molecule has 102 valence electrons. The molecule has 0 unspecified atom stereocenters. The van der Waals surface area contributed by atoms with E-state index in [1.807, 2.05) is 13.8 Å². The van der Waals surface area contributed by atoms with Gasteiger partial charge in [-0.15, -0.1) is 11.3 Å². The third kappa shape index (κ3) is 2.93. The van der Waals surface area contributed by atoms with Crippen LogP contribution >= 0.6 is 11.3 Å². The van der Waals surface area contributed by atoms with Gasteiger partial charge in [0, 0.05) is 10.1 Å². The van der Waals surface area contributed by atoms with Crippen molar-refractivity contribution in [3.05, 3.63) is 35.0 Å². The van der Waals surface area contributed by atoms with Crippen LogP contribution in [0.15, 0.2) is 24.3 Å². The highest BCUT2D eigenvalue weighted by atomic mass is 32.1. The summed E-state index contributed by atoms with van der Waals surface area (Å²) in [5.74, 6) is -0.455. The highest BCUT2D eigenvalue weighted by Crippen LogP contribution is 2.27. The molecule has 5 heteroatoms. The molecule has 0 fully saturated rings. The fourth-order valence-electron chi connectivity index (χ4n) is 1.80. The van der Waals surface area contributed by atoms with Crippen LogP contribution in [0.2, 0.25) is 0 Å². The minimum Gasteiger partial charge on any atom is -0.394 e. The van der Waals surface area contributed by atoms with Crippen molar-refractivity contribution in [3.63, 3.8) is 0 Å². The van der Waals surface area contributed by atoms with Crippen molar-refractivity contribution in [2.75, 3.05) is 6.61 Å². The van der Waals surface area contributed by atoms with Gasteiger partial charge in [0.1, 0.15) is 5.82 Å². The van der Waals surface area contributed by atoms with E-state index in [9.17, 15) is 14.3 Å². The van der Waals surface area contributed by atoms with Crippen molar-refractivity contribution in [1.29, 1.82) is 0 Å². The van der Waals surface area contributed by atoms with Gasteiger partial charge in [-0.3, -0.25) is 4.79 Å². The molecule has 0 radical (unpaired) electrons. The fraction of sp³-hybridized carbons (Fsp3) is 0.357. The monoisotopic (exact) mass is 281 g/mol. The third-order valence-electron chi connectivity index (χ3n) is 3.05. The number of carbonyl (C=O) groups is 1. The molecule has 1 heterocycles. The summed E-state index contributed by atoms with van der Waals surface area (Å²) in [5, 5.41) is 12.4. The van der Waals surface area contributed by atoms with Crippen LogP contribution in [0.4, 0.5) is 4.39 Å². The summed E-state index contributed by atoms with van der Waals surface area (Å²) < 4.78 is 14.3. The van der Waals surface area contributed by atoms with Gasteiger partial charge >= 0.3 is 0 Å². The minimum atomic E-state index is -0.324. The molecule has 19 heavy (non-hydrogen) atoms. The number of aliphatic hydroxyl groups excluding tert-OH is 1. The standard InChI is InChI=1S/C14H16FNO2S/c1-8(2)11(7-17)16-14(18)13-6-9-10(15)4-3-5-12(9)19-13/h3-6,8,11,17H,7H2,1-2H3,(H,16,18)/t11-/m1/s1. The predicted molar refractivity (Wildman–Crippen MR) is 75.0 cm³/mol. The average Bonchev–Trinajstić information content (AvgIpc) is 2.80. The van der Waals surface area contributed by atoms with Crippen LogP contribution in [-0.2, 0) is 0 Å². The molecule has 1 aromatic carbocycles. The second-order valence-electron chi connectivity index (χ2n) is 4.77. The van der Waals surface area contributed by atoms with Crippen molar-refractivity contribution < 1.29 is 14.3 Å². The summed E-state index contributed by atoms with van der Waals surface area (Å²) in [6, 6.07) is 6.05. The van der Waals surface area contributed by atoms with Gasteiger partial charge in [-0.25, -0.2) is 4.39 Å². The molecular weight excluding hydrogens is 265 g/mol. The van der Waals surface area contributed by atoms with E-state index in [-0.39, 0.29) is 30.3 Å². The topological polar surface area (TPSA) is 49.3 Å². The van der Waals surface area contributed by atoms with Crippen molar-refractivity contribution in [3.8, 4) is 0 Å². The second kappa shape index (κ2) is 5.67. The first-order valence-electron chi connectivity index (χ1n) is 6.12. The lowest BCUT2D eigenvalue weighted by molar-refractivity contribution is 0.0901. The quantitative estimate of drug-likeness (QED) is 0.905. The summed E-state index contributed by atoms with van der Waals surface area (Å²) in [6.07, 6.45) is 0. The number of thiophene rings is 1. The first-order chi connectivity index (χ1) is 9.02. The van der Waals surface area contributed by atoms with Gasteiger partial charge in [0.15, 0.2) is 0 Å². The van der Waals surface area contributed by atoms with Crippen LogP contribution in [0.1, 0.15) is 23.5 Å². The van der Waals surface area contributed by atoms with E-state index in [0.29, 0.717) is 10.3 Å². The van der Waals surface area contributed by atoms with Gasteiger partial charge in [-0.1, -0.05) is 19.9 Å². The van der Waals surface area contributed by atoms with Gasteiger partial charge < -0.3 is 10.4 Å². The van der Waals surface area contributed by atoms with E-state index < -0.39 is 0 Å². The second-order valence-corrected chi connectivity index (χ2v) is 5.85. The molecule has 1 aromatic heterocycles. The lowest BCUT2D eigenvalue weighted by Gasteiger charge is -2.19. The molecule has 0 aliphatic heterocycles. The van der Waals surface area contributed by atoms with E-state index in [1.165, 1.54) is 17.4 Å². The first kappa shape index (κ1) is 14.0. The summed E-state index contributed by atoms with van der Waals surface area (Å²) in [5.41, 5.74) is 0. The summed E-state index contributed by atoms with van der Waals surface area (Å²) in [6.45, 7) is 3.74. The average molecular weight is 281 g/mol. The number of benzene rings is 1. The number of fused-ring (bicyclic) bond motifs is 1. The molecule has 3 nitrogen and oxygen atoms in total. The van der Waals surface area contributed by atoms with Crippen molar-refractivity contribution in [2.45, 2.75) is 19.9 Å².